The van der Waals surface area contributed by atoms with Gasteiger partial charge in [-0.15, -0.1) is 10.2 Å². The molecule has 0 fully saturated rings. The van der Waals surface area contributed by atoms with Gasteiger partial charge in [0, 0.05) is 6.20 Å². The highest BCUT2D eigenvalue weighted by molar-refractivity contribution is 7.98. The molecule has 0 aliphatic heterocycles. The Morgan fingerprint density at radius 3 is 2.77 bits per heavy atom. The van der Waals surface area contributed by atoms with Crippen LogP contribution in [0, 0.1) is 13.8 Å². The van der Waals surface area contributed by atoms with Crippen LogP contribution in [0.4, 0.5) is 0 Å². The number of benzene rings is 1. The van der Waals surface area contributed by atoms with Crippen LogP contribution in [-0.4, -0.2) is 35.0 Å². The lowest BCUT2D eigenvalue weighted by Gasteiger charge is -2.18. The average molecular weight is 391 g/mol. The summed E-state index contributed by atoms with van der Waals surface area (Å²) in [7, 11) is -3.68. The molecule has 0 aliphatic carbocycles. The number of nitrogens with zero attached hydrogens (tertiary/aromatic N) is 3. The molecule has 0 aliphatic rings. The SMILES string of the molecule is CSCC[C@H](NS(=O)(=O)c1cc(C)ccc1C)c1nnc2ccccn12. The van der Waals surface area contributed by atoms with E-state index in [1.807, 2.05) is 54.1 Å². The van der Waals surface area contributed by atoms with Crippen molar-refractivity contribution in [3.8, 4) is 0 Å². The predicted octanol–water partition coefficient (Wildman–Crippen LogP) is 3.12. The molecular weight excluding hydrogens is 368 g/mol. The van der Waals surface area contributed by atoms with Gasteiger partial charge in [0.15, 0.2) is 11.5 Å². The summed E-state index contributed by atoms with van der Waals surface area (Å²) in [5.41, 5.74) is 2.32. The second-order valence-electron chi connectivity index (χ2n) is 6.21. The fourth-order valence-electron chi connectivity index (χ4n) is 2.82. The Balaban J connectivity index is 1.99. The van der Waals surface area contributed by atoms with E-state index in [-0.39, 0.29) is 0 Å². The van der Waals surface area contributed by atoms with Crippen LogP contribution >= 0.6 is 11.8 Å². The van der Waals surface area contributed by atoms with Crippen molar-refractivity contribution in [3.63, 3.8) is 0 Å². The number of sulfonamides is 1. The first-order valence-electron chi connectivity index (χ1n) is 8.30. The molecule has 138 valence electrons. The van der Waals surface area contributed by atoms with Crippen molar-refractivity contribution in [1.82, 2.24) is 19.3 Å². The lowest BCUT2D eigenvalue weighted by molar-refractivity contribution is 0.536. The van der Waals surface area contributed by atoms with E-state index >= 15 is 0 Å². The molecule has 0 unspecified atom stereocenters. The average Bonchev–Trinajstić information content (AvgIpc) is 3.04. The third-order valence-electron chi connectivity index (χ3n) is 4.19. The van der Waals surface area contributed by atoms with Crippen LogP contribution in [0.3, 0.4) is 0 Å². The molecule has 0 amide bonds. The van der Waals surface area contributed by atoms with Crippen molar-refractivity contribution in [1.29, 1.82) is 0 Å². The summed E-state index contributed by atoms with van der Waals surface area (Å²) in [4.78, 5) is 0.306. The molecule has 6 nitrogen and oxygen atoms in total. The van der Waals surface area contributed by atoms with Crippen molar-refractivity contribution in [3.05, 3.63) is 59.5 Å². The predicted molar refractivity (Wildman–Crippen MR) is 105 cm³/mol. The van der Waals surface area contributed by atoms with Crippen molar-refractivity contribution in [2.75, 3.05) is 12.0 Å². The first kappa shape index (κ1) is 18.9. The number of rotatable bonds is 7. The summed E-state index contributed by atoms with van der Waals surface area (Å²) in [6, 6.07) is 10.6. The Morgan fingerprint density at radius 1 is 1.19 bits per heavy atom. The summed E-state index contributed by atoms with van der Waals surface area (Å²) in [6.07, 6.45) is 4.47. The number of nitrogens with one attached hydrogen (secondary N) is 1. The highest BCUT2D eigenvalue weighted by Gasteiger charge is 2.26. The van der Waals surface area contributed by atoms with Crippen molar-refractivity contribution in [2.45, 2.75) is 31.2 Å². The molecule has 0 spiro atoms. The molecule has 3 aromatic rings. The zero-order valence-corrected chi connectivity index (χ0v) is 16.6. The maximum atomic E-state index is 13.0. The monoisotopic (exact) mass is 390 g/mol. The van der Waals surface area contributed by atoms with Gasteiger partial charge in [-0.1, -0.05) is 18.2 Å². The molecule has 2 aromatic heterocycles. The fourth-order valence-corrected chi connectivity index (χ4v) is 4.85. The molecule has 1 atom stereocenters. The quantitative estimate of drug-likeness (QED) is 0.671. The Morgan fingerprint density at radius 2 is 2.00 bits per heavy atom. The van der Waals surface area contributed by atoms with Crippen LogP contribution in [0.1, 0.15) is 29.4 Å². The van der Waals surface area contributed by atoms with E-state index in [9.17, 15) is 8.42 Å². The van der Waals surface area contributed by atoms with Crippen LogP contribution in [0.25, 0.3) is 5.65 Å². The normalized spacial score (nSPS) is 13.2. The van der Waals surface area contributed by atoms with Gasteiger partial charge in [0.25, 0.3) is 0 Å². The molecule has 1 N–H and O–H groups in total. The van der Waals surface area contributed by atoms with Crippen LogP contribution in [0.15, 0.2) is 47.5 Å². The summed E-state index contributed by atoms with van der Waals surface area (Å²) < 4.78 is 30.7. The summed E-state index contributed by atoms with van der Waals surface area (Å²) in [5.74, 6) is 1.41. The Bertz CT molecular complexity index is 1010. The number of hydrogen-bond acceptors (Lipinski definition) is 5. The molecule has 0 saturated heterocycles. The largest absolute Gasteiger partial charge is 0.285 e. The maximum absolute atomic E-state index is 13.0. The van der Waals surface area contributed by atoms with Gasteiger partial charge in [0.2, 0.25) is 10.0 Å². The Hall–Kier alpha value is -1.90. The Kier molecular flexibility index (Phi) is 5.64. The van der Waals surface area contributed by atoms with Gasteiger partial charge in [0.1, 0.15) is 0 Å². The molecule has 2 heterocycles. The van der Waals surface area contributed by atoms with Gasteiger partial charge in [-0.05, 0) is 61.6 Å². The van der Waals surface area contributed by atoms with Gasteiger partial charge in [0.05, 0.1) is 10.9 Å². The third kappa shape index (κ3) is 3.92. The lowest BCUT2D eigenvalue weighted by atomic mass is 10.2. The van der Waals surface area contributed by atoms with Crippen LogP contribution < -0.4 is 4.72 Å². The zero-order chi connectivity index (χ0) is 18.7. The second kappa shape index (κ2) is 7.77. The van der Waals surface area contributed by atoms with Gasteiger partial charge in [-0.25, -0.2) is 13.1 Å². The molecule has 0 saturated carbocycles. The first-order valence-corrected chi connectivity index (χ1v) is 11.2. The molecule has 8 heteroatoms. The minimum absolute atomic E-state index is 0.306. The first-order chi connectivity index (χ1) is 12.4. The van der Waals surface area contributed by atoms with E-state index in [1.165, 1.54) is 0 Å². The van der Waals surface area contributed by atoms with E-state index in [0.29, 0.717) is 22.8 Å². The van der Waals surface area contributed by atoms with E-state index in [0.717, 1.165) is 16.9 Å². The molecule has 26 heavy (non-hydrogen) atoms. The molecule has 0 radical (unpaired) electrons. The van der Waals surface area contributed by atoms with Crippen LogP contribution in [0.5, 0.6) is 0 Å². The van der Waals surface area contributed by atoms with E-state index in [2.05, 4.69) is 14.9 Å². The molecule has 1 aromatic carbocycles. The van der Waals surface area contributed by atoms with Gasteiger partial charge >= 0.3 is 0 Å². The fraction of sp³-hybridized carbons (Fsp3) is 0.333. The maximum Gasteiger partial charge on any atom is 0.241 e. The minimum atomic E-state index is -3.68. The lowest BCUT2D eigenvalue weighted by Crippen LogP contribution is -2.31. The second-order valence-corrected chi connectivity index (χ2v) is 8.88. The third-order valence-corrected chi connectivity index (χ3v) is 6.45. The van der Waals surface area contributed by atoms with Crippen LogP contribution in [0.2, 0.25) is 0 Å². The standard InChI is InChI=1S/C18H22N4O2S2/c1-13-7-8-14(2)16(12-13)26(23,24)21-15(9-11-25-3)18-20-19-17-6-4-5-10-22(17)18/h4-8,10,12,15,21H,9,11H2,1-3H3/t15-/m0/s1. The minimum Gasteiger partial charge on any atom is -0.285 e. The summed E-state index contributed by atoms with van der Waals surface area (Å²) >= 11 is 1.67. The number of aryl methyl sites for hydroxylation is 2. The topological polar surface area (TPSA) is 76.4 Å². The summed E-state index contributed by atoms with van der Waals surface area (Å²) in [5, 5.41) is 8.40. The number of pyridine rings is 1. The highest BCUT2D eigenvalue weighted by atomic mass is 32.2. The van der Waals surface area contributed by atoms with E-state index in [4.69, 9.17) is 0 Å². The Labute approximate surface area is 158 Å². The van der Waals surface area contributed by atoms with Crippen LogP contribution in [-0.2, 0) is 10.0 Å². The number of fused-ring (bicyclic) bond motifs is 1. The number of hydrogen-bond donors (Lipinski definition) is 1. The number of aromatic nitrogens is 3. The van der Waals surface area contributed by atoms with E-state index < -0.39 is 16.1 Å². The van der Waals surface area contributed by atoms with Gasteiger partial charge in [-0.3, -0.25) is 4.40 Å². The number of thioether (sulfide) groups is 1. The molecule has 3 rings (SSSR count). The van der Waals surface area contributed by atoms with Gasteiger partial charge < -0.3 is 0 Å². The molecular formula is C18H22N4O2S2. The van der Waals surface area contributed by atoms with Crippen molar-refractivity contribution in [2.24, 2.45) is 0 Å². The van der Waals surface area contributed by atoms with Gasteiger partial charge in [-0.2, -0.15) is 11.8 Å². The smallest absolute Gasteiger partial charge is 0.241 e. The zero-order valence-electron chi connectivity index (χ0n) is 15.0. The van der Waals surface area contributed by atoms with E-state index in [1.54, 1.807) is 24.8 Å². The summed E-state index contributed by atoms with van der Waals surface area (Å²) in [6.45, 7) is 3.69. The van der Waals surface area contributed by atoms with Crippen molar-refractivity contribution >= 4 is 27.4 Å². The highest BCUT2D eigenvalue weighted by Crippen LogP contribution is 2.23. The molecule has 0 bridgehead atoms. The van der Waals surface area contributed by atoms with Crippen molar-refractivity contribution < 1.29 is 8.42 Å².